The summed E-state index contributed by atoms with van der Waals surface area (Å²) in [6.07, 6.45) is 1.67. The molecule has 1 fully saturated rings. The zero-order valence-electron chi connectivity index (χ0n) is 15.2. The zero-order valence-corrected chi connectivity index (χ0v) is 15.2. The van der Waals surface area contributed by atoms with Gasteiger partial charge in [-0.05, 0) is 31.0 Å². The van der Waals surface area contributed by atoms with Gasteiger partial charge in [-0.25, -0.2) is 0 Å². The Kier molecular flexibility index (Phi) is 7.16. The number of nitrogens with one attached hydrogen (secondary N) is 2. The molecule has 0 unspecified atom stereocenters. The third kappa shape index (κ3) is 6.32. The molecule has 25 heavy (non-hydrogen) atoms. The Morgan fingerprint density at radius 2 is 1.68 bits per heavy atom. The van der Waals surface area contributed by atoms with Gasteiger partial charge < -0.3 is 10.6 Å². The van der Waals surface area contributed by atoms with Gasteiger partial charge in [0, 0.05) is 38.4 Å². The third-order valence-corrected chi connectivity index (χ3v) is 4.31. The number of hydrogen-bond donors (Lipinski definition) is 2. The highest BCUT2D eigenvalue weighted by molar-refractivity contribution is 5.93. The number of carbonyl (C=O) groups is 2. The van der Waals surface area contributed by atoms with Crippen LogP contribution in [-0.4, -0.2) is 67.4 Å². The van der Waals surface area contributed by atoms with Crippen molar-refractivity contribution >= 4 is 17.5 Å². The number of piperazine rings is 1. The lowest BCUT2D eigenvalue weighted by Crippen LogP contribution is -2.51. The van der Waals surface area contributed by atoms with Crippen molar-refractivity contribution in [2.24, 2.45) is 0 Å². The van der Waals surface area contributed by atoms with Gasteiger partial charge in [0.2, 0.25) is 11.8 Å². The normalized spacial score (nSPS) is 15.6. The van der Waals surface area contributed by atoms with Crippen molar-refractivity contribution in [3.05, 3.63) is 42.0 Å². The van der Waals surface area contributed by atoms with Crippen LogP contribution in [0.25, 0.3) is 0 Å². The Hall–Kier alpha value is -2.18. The fourth-order valence-corrected chi connectivity index (χ4v) is 2.81. The predicted octanol–water partition coefficient (Wildman–Crippen LogP) is 1.16. The lowest BCUT2D eigenvalue weighted by atomic mass is 10.1. The molecule has 0 radical (unpaired) electrons. The van der Waals surface area contributed by atoms with Crippen molar-refractivity contribution in [3.8, 4) is 0 Å². The maximum absolute atomic E-state index is 12.3. The first-order valence-electron chi connectivity index (χ1n) is 8.67. The van der Waals surface area contributed by atoms with E-state index in [0.717, 1.165) is 43.0 Å². The molecule has 136 valence electrons. The Morgan fingerprint density at radius 3 is 2.28 bits per heavy atom. The molecule has 1 aromatic rings. The van der Waals surface area contributed by atoms with Crippen molar-refractivity contribution in [2.75, 3.05) is 51.1 Å². The molecule has 1 aliphatic rings. The summed E-state index contributed by atoms with van der Waals surface area (Å²) in [5.74, 6) is 0.0203. The molecule has 2 rings (SSSR count). The molecule has 1 aromatic carbocycles. The van der Waals surface area contributed by atoms with Crippen LogP contribution in [0.5, 0.6) is 0 Å². The largest absolute Gasteiger partial charge is 0.352 e. The van der Waals surface area contributed by atoms with Gasteiger partial charge in [-0.15, -0.1) is 6.58 Å². The van der Waals surface area contributed by atoms with E-state index in [4.69, 9.17) is 0 Å². The lowest BCUT2D eigenvalue weighted by Gasteiger charge is -2.33. The second-order valence-electron chi connectivity index (χ2n) is 6.51. The van der Waals surface area contributed by atoms with Gasteiger partial charge in [0.15, 0.2) is 0 Å². The van der Waals surface area contributed by atoms with E-state index in [9.17, 15) is 9.59 Å². The average Bonchev–Trinajstić information content (AvgIpc) is 2.58. The topological polar surface area (TPSA) is 64.7 Å². The molecule has 1 aliphatic heterocycles. The molecule has 1 heterocycles. The Balaban J connectivity index is 1.74. The summed E-state index contributed by atoms with van der Waals surface area (Å²) in [7, 11) is 0. The fraction of sp³-hybridized carbons (Fsp3) is 0.474. The van der Waals surface area contributed by atoms with Gasteiger partial charge >= 0.3 is 0 Å². The summed E-state index contributed by atoms with van der Waals surface area (Å²) in [5.41, 5.74) is 3.07. The van der Waals surface area contributed by atoms with Gasteiger partial charge in [-0.1, -0.05) is 18.2 Å². The average molecular weight is 344 g/mol. The first-order valence-corrected chi connectivity index (χ1v) is 8.67. The van der Waals surface area contributed by atoms with Crippen LogP contribution in [0.2, 0.25) is 0 Å². The minimum absolute atomic E-state index is 0.00544. The molecule has 1 saturated heterocycles. The van der Waals surface area contributed by atoms with E-state index < -0.39 is 0 Å². The first kappa shape index (κ1) is 19.1. The van der Waals surface area contributed by atoms with E-state index in [1.807, 2.05) is 32.0 Å². The third-order valence-electron chi connectivity index (χ3n) is 4.31. The van der Waals surface area contributed by atoms with Gasteiger partial charge in [-0.2, -0.15) is 0 Å². The van der Waals surface area contributed by atoms with Crippen LogP contribution in [0, 0.1) is 13.8 Å². The second kappa shape index (κ2) is 9.34. The summed E-state index contributed by atoms with van der Waals surface area (Å²) in [6.45, 7) is 12.0. The molecule has 0 aromatic heterocycles. The van der Waals surface area contributed by atoms with Crippen LogP contribution in [0.15, 0.2) is 30.9 Å². The lowest BCUT2D eigenvalue weighted by molar-refractivity contribution is -0.123. The molecule has 2 N–H and O–H groups in total. The number of anilines is 1. The zero-order chi connectivity index (χ0) is 18.2. The van der Waals surface area contributed by atoms with Crippen LogP contribution >= 0.6 is 0 Å². The number of benzene rings is 1. The van der Waals surface area contributed by atoms with Crippen molar-refractivity contribution in [1.82, 2.24) is 15.1 Å². The molecule has 0 saturated carbocycles. The van der Waals surface area contributed by atoms with Crippen molar-refractivity contribution in [1.29, 1.82) is 0 Å². The van der Waals surface area contributed by atoms with E-state index in [-0.39, 0.29) is 11.8 Å². The smallest absolute Gasteiger partial charge is 0.238 e. The maximum atomic E-state index is 12.3. The Labute approximate surface area is 149 Å². The minimum atomic E-state index is 0.00544. The molecular weight excluding hydrogens is 316 g/mol. The van der Waals surface area contributed by atoms with Crippen LogP contribution in [-0.2, 0) is 9.59 Å². The summed E-state index contributed by atoms with van der Waals surface area (Å²) in [6, 6.07) is 6.05. The maximum Gasteiger partial charge on any atom is 0.238 e. The van der Waals surface area contributed by atoms with Crippen molar-refractivity contribution in [3.63, 3.8) is 0 Å². The van der Waals surface area contributed by atoms with Gasteiger partial charge in [0.1, 0.15) is 0 Å². The molecule has 0 aliphatic carbocycles. The van der Waals surface area contributed by atoms with E-state index in [0.29, 0.717) is 19.6 Å². The number of nitrogens with zero attached hydrogens (tertiary/aromatic N) is 2. The van der Waals surface area contributed by atoms with E-state index in [2.05, 4.69) is 27.0 Å². The van der Waals surface area contributed by atoms with E-state index >= 15 is 0 Å². The fourth-order valence-electron chi connectivity index (χ4n) is 2.81. The minimum Gasteiger partial charge on any atom is -0.352 e. The molecule has 0 spiro atoms. The van der Waals surface area contributed by atoms with E-state index in [1.54, 1.807) is 6.08 Å². The SMILES string of the molecule is C=CCNC(=O)CN1CCN(CC(=O)Nc2cc(C)ccc2C)CC1. The molecule has 6 nitrogen and oxygen atoms in total. The summed E-state index contributed by atoms with van der Waals surface area (Å²) >= 11 is 0. The van der Waals surface area contributed by atoms with Crippen LogP contribution in [0.4, 0.5) is 5.69 Å². The highest BCUT2D eigenvalue weighted by Crippen LogP contribution is 2.16. The van der Waals surface area contributed by atoms with Gasteiger partial charge in [-0.3, -0.25) is 19.4 Å². The van der Waals surface area contributed by atoms with E-state index in [1.165, 1.54) is 0 Å². The second-order valence-corrected chi connectivity index (χ2v) is 6.51. The number of carbonyl (C=O) groups excluding carboxylic acids is 2. The molecule has 2 amide bonds. The van der Waals surface area contributed by atoms with Crippen molar-refractivity contribution in [2.45, 2.75) is 13.8 Å². The van der Waals surface area contributed by atoms with Crippen LogP contribution in [0.3, 0.4) is 0 Å². The standard InChI is InChI=1S/C19H28N4O2/c1-4-7-20-18(24)13-22-8-10-23(11-9-22)14-19(25)21-17-12-15(2)5-6-16(17)3/h4-6,12H,1,7-11,13-14H2,2-3H3,(H,20,24)(H,21,25). The number of rotatable bonds is 7. The monoisotopic (exact) mass is 344 g/mol. The summed E-state index contributed by atoms with van der Waals surface area (Å²) < 4.78 is 0. The highest BCUT2D eigenvalue weighted by Gasteiger charge is 2.20. The predicted molar refractivity (Wildman–Crippen MR) is 101 cm³/mol. The van der Waals surface area contributed by atoms with Crippen LogP contribution < -0.4 is 10.6 Å². The summed E-state index contributed by atoms with van der Waals surface area (Å²) in [5, 5.41) is 5.78. The molecule has 0 atom stereocenters. The highest BCUT2D eigenvalue weighted by atomic mass is 16.2. The van der Waals surface area contributed by atoms with Crippen molar-refractivity contribution < 1.29 is 9.59 Å². The van der Waals surface area contributed by atoms with Gasteiger partial charge in [0.05, 0.1) is 13.1 Å². The molecule has 0 bridgehead atoms. The number of amides is 2. The number of aryl methyl sites for hydroxylation is 2. The molecule has 6 heteroatoms. The summed E-state index contributed by atoms with van der Waals surface area (Å²) in [4.78, 5) is 28.2. The molecular formula is C19H28N4O2. The number of hydrogen-bond acceptors (Lipinski definition) is 4. The van der Waals surface area contributed by atoms with Crippen LogP contribution in [0.1, 0.15) is 11.1 Å². The van der Waals surface area contributed by atoms with Gasteiger partial charge in [0.25, 0.3) is 0 Å². The first-order chi connectivity index (χ1) is 12.0. The quantitative estimate of drug-likeness (QED) is 0.729. The Morgan fingerprint density at radius 1 is 1.08 bits per heavy atom. The Bertz CT molecular complexity index is 622.